The van der Waals surface area contributed by atoms with Crippen LogP contribution >= 0.6 is 35.0 Å². The summed E-state index contributed by atoms with van der Waals surface area (Å²) in [6, 6.07) is 7.84. The van der Waals surface area contributed by atoms with Gasteiger partial charge >= 0.3 is 5.97 Å². The van der Waals surface area contributed by atoms with Crippen LogP contribution in [0.15, 0.2) is 47.5 Å². The molecule has 34 heavy (non-hydrogen) atoms. The molecule has 0 spiro atoms. The Hall–Kier alpha value is -2.55. The largest absolute Gasteiger partial charge is 0.480 e. The summed E-state index contributed by atoms with van der Waals surface area (Å²) in [6.45, 7) is 0.804. The van der Waals surface area contributed by atoms with Crippen LogP contribution in [-0.4, -0.2) is 58.2 Å². The Labute approximate surface area is 212 Å². The van der Waals surface area contributed by atoms with Gasteiger partial charge in [-0.25, -0.2) is 4.79 Å². The Morgan fingerprint density at radius 3 is 2.56 bits per heavy atom. The molecule has 1 saturated heterocycles. The van der Waals surface area contributed by atoms with E-state index in [1.54, 1.807) is 35.4 Å². The van der Waals surface area contributed by atoms with E-state index in [4.69, 9.17) is 23.2 Å². The molecule has 2 N–H and O–H groups in total. The van der Waals surface area contributed by atoms with Crippen LogP contribution < -0.4 is 5.32 Å². The van der Waals surface area contributed by atoms with Crippen molar-refractivity contribution in [2.24, 2.45) is 5.92 Å². The van der Waals surface area contributed by atoms with E-state index >= 15 is 0 Å². The second kappa shape index (κ2) is 12.2. The number of piperidine rings is 1. The summed E-state index contributed by atoms with van der Waals surface area (Å²) in [4.78, 5) is 43.5. The number of aliphatic carboxylic acids is 1. The molecule has 0 radical (unpaired) electrons. The number of halogens is 2. The molecule has 1 aliphatic heterocycles. The van der Waals surface area contributed by atoms with Gasteiger partial charge in [0.05, 0.1) is 10.0 Å². The molecule has 1 aliphatic rings. The summed E-state index contributed by atoms with van der Waals surface area (Å²) in [6.07, 6.45) is 7.58. The predicted molar refractivity (Wildman–Crippen MR) is 134 cm³/mol. The molecule has 0 unspecified atom stereocenters. The van der Waals surface area contributed by atoms with Crippen LogP contribution in [0.3, 0.4) is 0 Å². The molecule has 2 heterocycles. The highest BCUT2D eigenvalue weighted by Gasteiger charge is 2.30. The summed E-state index contributed by atoms with van der Waals surface area (Å²) < 4.78 is 0. The highest BCUT2D eigenvalue weighted by Crippen LogP contribution is 2.35. The van der Waals surface area contributed by atoms with Crippen molar-refractivity contribution in [2.75, 3.05) is 19.3 Å². The van der Waals surface area contributed by atoms with Crippen LogP contribution in [0.4, 0.5) is 0 Å². The van der Waals surface area contributed by atoms with E-state index in [9.17, 15) is 19.5 Å². The van der Waals surface area contributed by atoms with Gasteiger partial charge in [0, 0.05) is 48.3 Å². The monoisotopic (exact) mass is 521 g/mol. The molecule has 7 nitrogen and oxygen atoms in total. The average molecular weight is 522 g/mol. The SMILES string of the molecule is CSc1ccc(/C=C/C(=O)N2CCC(C(=O)N[C@@H](Cc3ccccn3)C(=O)O)CC2)c(Cl)c1Cl. The van der Waals surface area contributed by atoms with Crippen LogP contribution in [0.2, 0.25) is 10.0 Å². The summed E-state index contributed by atoms with van der Waals surface area (Å²) in [5.74, 6) is -1.97. The number of carbonyl (C=O) groups is 3. The second-order valence-corrected chi connectivity index (χ2v) is 9.45. The summed E-state index contributed by atoms with van der Waals surface area (Å²) in [5, 5.41) is 13.0. The summed E-state index contributed by atoms with van der Waals surface area (Å²) in [7, 11) is 0. The van der Waals surface area contributed by atoms with Gasteiger partial charge in [0.1, 0.15) is 6.04 Å². The number of nitrogens with one attached hydrogen (secondary N) is 1. The molecule has 2 aromatic rings. The first kappa shape index (κ1) is 26.1. The number of hydrogen-bond acceptors (Lipinski definition) is 5. The number of carboxylic acids is 1. The van der Waals surface area contributed by atoms with Gasteiger partial charge in [0.25, 0.3) is 0 Å². The van der Waals surface area contributed by atoms with Gasteiger partial charge in [-0.15, -0.1) is 11.8 Å². The number of amides is 2. The quantitative estimate of drug-likeness (QED) is 0.399. The Morgan fingerprint density at radius 2 is 1.94 bits per heavy atom. The number of carboxylic acid groups (broad SMARTS) is 1. The fourth-order valence-corrected chi connectivity index (χ4v) is 4.85. The second-order valence-electron chi connectivity index (χ2n) is 7.84. The van der Waals surface area contributed by atoms with E-state index in [0.29, 0.717) is 47.2 Å². The van der Waals surface area contributed by atoms with Crippen molar-refractivity contribution in [1.82, 2.24) is 15.2 Å². The fourth-order valence-electron chi connectivity index (χ4n) is 3.68. The van der Waals surface area contributed by atoms with E-state index < -0.39 is 12.0 Å². The van der Waals surface area contributed by atoms with Crippen LogP contribution in [-0.2, 0) is 20.8 Å². The number of aromatic nitrogens is 1. The lowest BCUT2D eigenvalue weighted by molar-refractivity contribution is -0.142. The Kier molecular flexibility index (Phi) is 9.38. The maximum absolute atomic E-state index is 12.7. The Balaban J connectivity index is 1.53. The number of pyridine rings is 1. The predicted octanol–water partition coefficient (Wildman–Crippen LogP) is 4.17. The van der Waals surface area contributed by atoms with Gasteiger partial charge in [-0.2, -0.15) is 0 Å². The Bertz CT molecular complexity index is 1070. The molecular weight excluding hydrogens is 497 g/mol. The van der Waals surface area contributed by atoms with Crippen LogP contribution in [0.1, 0.15) is 24.1 Å². The lowest BCUT2D eigenvalue weighted by atomic mass is 9.95. The normalized spacial score (nSPS) is 15.3. The molecule has 0 saturated carbocycles. The molecule has 0 bridgehead atoms. The van der Waals surface area contributed by atoms with E-state index in [0.717, 1.165) is 4.90 Å². The third kappa shape index (κ3) is 6.74. The zero-order chi connectivity index (χ0) is 24.7. The highest BCUT2D eigenvalue weighted by molar-refractivity contribution is 7.98. The van der Waals surface area contributed by atoms with Gasteiger partial charge in [-0.05, 0) is 48.9 Å². The van der Waals surface area contributed by atoms with Crippen LogP contribution in [0, 0.1) is 5.92 Å². The van der Waals surface area contributed by atoms with Crippen molar-refractivity contribution in [2.45, 2.75) is 30.2 Å². The molecule has 1 aromatic heterocycles. The summed E-state index contributed by atoms with van der Waals surface area (Å²) >= 11 is 14.0. The van der Waals surface area contributed by atoms with E-state index in [1.807, 2.05) is 18.4 Å². The molecule has 0 aliphatic carbocycles. The maximum Gasteiger partial charge on any atom is 0.326 e. The number of carbonyl (C=O) groups excluding carboxylic acids is 2. The van der Waals surface area contributed by atoms with Crippen molar-refractivity contribution in [3.63, 3.8) is 0 Å². The first-order valence-corrected chi connectivity index (χ1v) is 12.7. The van der Waals surface area contributed by atoms with Crippen molar-refractivity contribution >= 4 is 58.8 Å². The third-order valence-corrected chi connectivity index (χ3v) is 7.42. The third-order valence-electron chi connectivity index (χ3n) is 5.63. The standard InChI is InChI=1S/C24H25Cl2N3O4S/c1-34-19-7-5-15(21(25)22(19)26)6-8-20(30)29-12-9-16(10-13-29)23(31)28-18(24(32)33)14-17-4-2-3-11-27-17/h2-8,11,16,18H,9-10,12-14H2,1H3,(H,28,31)(H,32,33)/b8-6+/t18-/m0/s1. The zero-order valence-electron chi connectivity index (χ0n) is 18.5. The topological polar surface area (TPSA) is 99.6 Å². The minimum absolute atomic E-state index is 0.106. The number of likely N-dealkylation sites (tertiary alicyclic amines) is 1. The number of hydrogen-bond donors (Lipinski definition) is 2. The van der Waals surface area contributed by atoms with Gasteiger partial charge in [-0.1, -0.05) is 35.3 Å². The minimum Gasteiger partial charge on any atom is -0.480 e. The molecule has 180 valence electrons. The first-order chi connectivity index (χ1) is 16.3. The lowest BCUT2D eigenvalue weighted by Crippen LogP contribution is -2.48. The van der Waals surface area contributed by atoms with E-state index in [1.165, 1.54) is 17.8 Å². The molecule has 3 rings (SSSR count). The van der Waals surface area contributed by atoms with E-state index in [-0.39, 0.29) is 24.2 Å². The number of nitrogens with zero attached hydrogens (tertiary/aromatic N) is 2. The van der Waals surface area contributed by atoms with Crippen LogP contribution in [0.5, 0.6) is 0 Å². The zero-order valence-corrected chi connectivity index (χ0v) is 20.9. The summed E-state index contributed by atoms with van der Waals surface area (Å²) in [5.41, 5.74) is 1.24. The number of rotatable bonds is 8. The van der Waals surface area contributed by atoms with Gasteiger partial charge in [0.15, 0.2) is 0 Å². The molecular formula is C24H25Cl2N3O4S. The molecule has 2 amide bonds. The smallest absolute Gasteiger partial charge is 0.326 e. The first-order valence-electron chi connectivity index (χ1n) is 10.7. The van der Waals surface area contributed by atoms with Gasteiger partial charge < -0.3 is 15.3 Å². The average Bonchev–Trinajstić information content (AvgIpc) is 2.85. The molecule has 1 aromatic carbocycles. The van der Waals surface area contributed by atoms with Gasteiger partial charge in [-0.3, -0.25) is 14.6 Å². The van der Waals surface area contributed by atoms with Gasteiger partial charge in [0.2, 0.25) is 11.8 Å². The number of benzene rings is 1. The van der Waals surface area contributed by atoms with E-state index in [2.05, 4.69) is 10.3 Å². The Morgan fingerprint density at radius 1 is 1.21 bits per heavy atom. The fraction of sp³-hybridized carbons (Fsp3) is 0.333. The van der Waals surface area contributed by atoms with Crippen LogP contribution in [0.25, 0.3) is 6.08 Å². The molecule has 1 fully saturated rings. The van der Waals surface area contributed by atoms with Crippen molar-refractivity contribution in [1.29, 1.82) is 0 Å². The maximum atomic E-state index is 12.7. The minimum atomic E-state index is -1.11. The molecule has 1 atom stereocenters. The van der Waals surface area contributed by atoms with Crippen molar-refractivity contribution in [3.8, 4) is 0 Å². The van der Waals surface area contributed by atoms with Crippen molar-refractivity contribution < 1.29 is 19.5 Å². The lowest BCUT2D eigenvalue weighted by Gasteiger charge is -2.31. The van der Waals surface area contributed by atoms with Crippen molar-refractivity contribution in [3.05, 3.63) is 63.9 Å². The number of thioether (sulfide) groups is 1. The highest BCUT2D eigenvalue weighted by atomic mass is 35.5. The molecule has 10 heteroatoms.